The average Bonchev–Trinajstić information content (AvgIpc) is 3.16. The van der Waals surface area contributed by atoms with Gasteiger partial charge in [0.25, 0.3) is 0 Å². The second kappa shape index (κ2) is 9.01. The molecule has 144 valence electrons. The SMILES string of the molecule is CCCC(NC(C)C)C(=O)NC1CC[C@H]2CN(Cc3ccccc3)CC12. The second-order valence-electron chi connectivity index (χ2n) is 8.46. The fourth-order valence-electron chi connectivity index (χ4n) is 4.77. The van der Waals surface area contributed by atoms with Crippen LogP contribution in [0.4, 0.5) is 0 Å². The van der Waals surface area contributed by atoms with Crippen LogP contribution in [0.15, 0.2) is 30.3 Å². The van der Waals surface area contributed by atoms with Gasteiger partial charge in [0.1, 0.15) is 0 Å². The highest BCUT2D eigenvalue weighted by atomic mass is 16.2. The summed E-state index contributed by atoms with van der Waals surface area (Å²) in [5.41, 5.74) is 1.39. The molecule has 1 aliphatic heterocycles. The highest BCUT2D eigenvalue weighted by Gasteiger charge is 2.43. The summed E-state index contributed by atoms with van der Waals surface area (Å²) in [7, 11) is 0. The van der Waals surface area contributed by atoms with Gasteiger partial charge in [0, 0.05) is 31.7 Å². The summed E-state index contributed by atoms with van der Waals surface area (Å²) in [5, 5.41) is 6.83. The molecule has 4 heteroatoms. The molecule has 0 radical (unpaired) electrons. The molecule has 26 heavy (non-hydrogen) atoms. The van der Waals surface area contributed by atoms with Gasteiger partial charge in [-0.2, -0.15) is 0 Å². The van der Waals surface area contributed by atoms with Gasteiger partial charge in [0.15, 0.2) is 0 Å². The van der Waals surface area contributed by atoms with Crippen molar-refractivity contribution in [3.05, 3.63) is 35.9 Å². The van der Waals surface area contributed by atoms with Crippen LogP contribution < -0.4 is 10.6 Å². The van der Waals surface area contributed by atoms with Crippen molar-refractivity contribution < 1.29 is 4.79 Å². The summed E-state index contributed by atoms with van der Waals surface area (Å²) in [5.74, 6) is 1.56. The predicted molar refractivity (Wildman–Crippen MR) is 107 cm³/mol. The van der Waals surface area contributed by atoms with Crippen molar-refractivity contribution in [3.8, 4) is 0 Å². The molecule has 1 saturated heterocycles. The lowest BCUT2D eigenvalue weighted by Crippen LogP contribution is -2.51. The summed E-state index contributed by atoms with van der Waals surface area (Å²) in [6.45, 7) is 9.68. The van der Waals surface area contributed by atoms with Gasteiger partial charge in [-0.15, -0.1) is 0 Å². The van der Waals surface area contributed by atoms with Gasteiger partial charge in [-0.05, 0) is 36.7 Å². The first kappa shape index (κ1) is 19.4. The minimum absolute atomic E-state index is 0.0547. The van der Waals surface area contributed by atoms with Crippen molar-refractivity contribution in [1.82, 2.24) is 15.5 Å². The third-order valence-electron chi connectivity index (χ3n) is 5.94. The van der Waals surface area contributed by atoms with E-state index in [4.69, 9.17) is 0 Å². The van der Waals surface area contributed by atoms with E-state index in [0.717, 1.165) is 38.3 Å². The molecule has 0 aromatic heterocycles. The van der Waals surface area contributed by atoms with E-state index in [0.29, 0.717) is 18.0 Å². The second-order valence-corrected chi connectivity index (χ2v) is 8.46. The lowest BCUT2D eigenvalue weighted by atomic mass is 9.97. The molecular formula is C22H35N3O. The Morgan fingerprint density at radius 1 is 1.19 bits per heavy atom. The maximum absolute atomic E-state index is 12.8. The predicted octanol–water partition coefficient (Wildman–Crippen LogP) is 3.18. The Morgan fingerprint density at radius 2 is 1.96 bits per heavy atom. The fourth-order valence-corrected chi connectivity index (χ4v) is 4.77. The Balaban J connectivity index is 1.54. The van der Waals surface area contributed by atoms with Crippen molar-refractivity contribution in [2.24, 2.45) is 11.8 Å². The number of carbonyl (C=O) groups excluding carboxylic acids is 1. The van der Waals surface area contributed by atoms with E-state index in [-0.39, 0.29) is 11.9 Å². The largest absolute Gasteiger partial charge is 0.352 e. The zero-order valence-corrected chi connectivity index (χ0v) is 16.6. The summed E-state index contributed by atoms with van der Waals surface area (Å²) in [6, 6.07) is 11.4. The number of hydrogen-bond acceptors (Lipinski definition) is 3. The summed E-state index contributed by atoms with van der Waals surface area (Å²) >= 11 is 0. The van der Waals surface area contributed by atoms with Crippen LogP contribution in [0.25, 0.3) is 0 Å². The first-order valence-electron chi connectivity index (χ1n) is 10.4. The quantitative estimate of drug-likeness (QED) is 0.751. The van der Waals surface area contributed by atoms with Crippen molar-refractivity contribution >= 4 is 5.91 Å². The van der Waals surface area contributed by atoms with Gasteiger partial charge < -0.3 is 10.6 Å². The standard InChI is InChI=1S/C22H35N3O/c1-4-8-21(23-16(2)3)22(26)24-20-12-11-18-14-25(15-19(18)20)13-17-9-6-5-7-10-17/h5-7,9-10,16,18-21,23H,4,8,11-15H2,1-3H3,(H,24,26)/t18-,19?,20?,21?/m0/s1. The molecule has 2 fully saturated rings. The lowest BCUT2D eigenvalue weighted by molar-refractivity contribution is -0.124. The average molecular weight is 358 g/mol. The zero-order valence-electron chi connectivity index (χ0n) is 16.6. The van der Waals surface area contributed by atoms with Gasteiger partial charge in [0.05, 0.1) is 6.04 Å². The number of likely N-dealkylation sites (tertiary alicyclic amines) is 1. The normalized spacial score (nSPS) is 26.8. The van der Waals surface area contributed by atoms with Crippen LogP contribution in [0.3, 0.4) is 0 Å². The summed E-state index contributed by atoms with van der Waals surface area (Å²) in [4.78, 5) is 15.4. The minimum Gasteiger partial charge on any atom is -0.352 e. The smallest absolute Gasteiger partial charge is 0.237 e. The number of amides is 1. The molecule has 0 bridgehead atoms. The number of rotatable bonds is 8. The summed E-state index contributed by atoms with van der Waals surface area (Å²) in [6.07, 6.45) is 4.32. The number of benzene rings is 1. The topological polar surface area (TPSA) is 44.4 Å². The van der Waals surface area contributed by atoms with E-state index < -0.39 is 0 Å². The number of hydrogen-bond donors (Lipinski definition) is 2. The molecule has 4 nitrogen and oxygen atoms in total. The van der Waals surface area contributed by atoms with E-state index in [9.17, 15) is 4.79 Å². The van der Waals surface area contributed by atoms with E-state index in [2.05, 4.69) is 66.6 Å². The van der Waals surface area contributed by atoms with Gasteiger partial charge in [-0.3, -0.25) is 9.69 Å². The minimum atomic E-state index is -0.0547. The molecule has 1 heterocycles. The lowest BCUT2D eigenvalue weighted by Gasteiger charge is -2.26. The van der Waals surface area contributed by atoms with Crippen LogP contribution in [0.2, 0.25) is 0 Å². The molecule has 1 aromatic carbocycles. The van der Waals surface area contributed by atoms with Crippen LogP contribution >= 0.6 is 0 Å². The Bertz CT molecular complexity index is 574. The molecule has 3 unspecified atom stereocenters. The Morgan fingerprint density at radius 3 is 2.65 bits per heavy atom. The first-order chi connectivity index (χ1) is 12.6. The van der Waals surface area contributed by atoms with Crippen molar-refractivity contribution in [3.63, 3.8) is 0 Å². The molecule has 1 aromatic rings. The Labute approximate surface area is 158 Å². The van der Waals surface area contributed by atoms with Crippen molar-refractivity contribution in [2.75, 3.05) is 13.1 Å². The number of nitrogens with one attached hydrogen (secondary N) is 2. The van der Waals surface area contributed by atoms with Crippen LogP contribution in [-0.2, 0) is 11.3 Å². The number of nitrogens with zero attached hydrogens (tertiary/aromatic N) is 1. The van der Waals surface area contributed by atoms with E-state index >= 15 is 0 Å². The van der Waals surface area contributed by atoms with E-state index in [1.807, 2.05) is 0 Å². The molecule has 1 saturated carbocycles. The molecule has 0 spiro atoms. The van der Waals surface area contributed by atoms with E-state index in [1.165, 1.54) is 18.5 Å². The fraction of sp³-hybridized carbons (Fsp3) is 0.682. The van der Waals surface area contributed by atoms with Crippen LogP contribution in [0, 0.1) is 11.8 Å². The third-order valence-corrected chi connectivity index (χ3v) is 5.94. The first-order valence-corrected chi connectivity index (χ1v) is 10.4. The Kier molecular flexibility index (Phi) is 6.71. The van der Waals surface area contributed by atoms with Gasteiger partial charge in [-0.25, -0.2) is 0 Å². The highest BCUT2D eigenvalue weighted by molar-refractivity contribution is 5.82. The molecule has 3 rings (SSSR count). The highest BCUT2D eigenvalue weighted by Crippen LogP contribution is 2.38. The maximum Gasteiger partial charge on any atom is 0.237 e. The maximum atomic E-state index is 12.8. The number of fused-ring (bicyclic) bond motifs is 1. The molecule has 1 amide bonds. The summed E-state index contributed by atoms with van der Waals surface area (Å²) < 4.78 is 0. The number of carbonyl (C=O) groups is 1. The van der Waals surface area contributed by atoms with Gasteiger partial charge >= 0.3 is 0 Å². The van der Waals surface area contributed by atoms with E-state index in [1.54, 1.807) is 0 Å². The monoisotopic (exact) mass is 357 g/mol. The van der Waals surface area contributed by atoms with Gasteiger partial charge in [0.2, 0.25) is 5.91 Å². The molecule has 1 aliphatic carbocycles. The Hall–Kier alpha value is -1.39. The zero-order chi connectivity index (χ0) is 18.5. The molecular weight excluding hydrogens is 322 g/mol. The van der Waals surface area contributed by atoms with Crippen molar-refractivity contribution in [2.45, 2.75) is 71.1 Å². The molecule has 4 atom stereocenters. The van der Waals surface area contributed by atoms with Crippen LogP contribution in [0.5, 0.6) is 0 Å². The molecule has 2 N–H and O–H groups in total. The van der Waals surface area contributed by atoms with Crippen molar-refractivity contribution in [1.29, 1.82) is 0 Å². The third kappa shape index (κ3) is 4.86. The van der Waals surface area contributed by atoms with Gasteiger partial charge in [-0.1, -0.05) is 57.5 Å². The van der Waals surface area contributed by atoms with Crippen LogP contribution in [0.1, 0.15) is 52.0 Å². The van der Waals surface area contributed by atoms with Crippen LogP contribution in [-0.4, -0.2) is 42.0 Å². The molecule has 2 aliphatic rings.